The van der Waals surface area contributed by atoms with Crippen LogP contribution in [0.5, 0.6) is 5.75 Å². The van der Waals surface area contributed by atoms with Gasteiger partial charge in [0, 0.05) is 47.9 Å². The first-order valence-electron chi connectivity index (χ1n) is 13.7. The van der Waals surface area contributed by atoms with Gasteiger partial charge in [0.05, 0.1) is 25.4 Å². The number of carbonyl (C=O) groups is 2. The van der Waals surface area contributed by atoms with Crippen molar-refractivity contribution in [3.63, 3.8) is 0 Å². The second kappa shape index (κ2) is 10.6. The van der Waals surface area contributed by atoms with Gasteiger partial charge in [-0.25, -0.2) is 9.78 Å². The van der Waals surface area contributed by atoms with Crippen LogP contribution in [-0.2, 0) is 21.5 Å². The largest absolute Gasteiger partial charge is 0.494 e. The zero-order valence-corrected chi connectivity index (χ0v) is 23.2. The van der Waals surface area contributed by atoms with E-state index >= 15 is 0 Å². The van der Waals surface area contributed by atoms with Crippen LogP contribution in [0, 0.1) is 5.41 Å². The molecule has 0 radical (unpaired) electrons. The molecule has 1 aromatic heterocycles. The third-order valence-corrected chi connectivity index (χ3v) is 7.86. The molecule has 0 unspecified atom stereocenters. The molecule has 5 rings (SSSR count). The first-order chi connectivity index (χ1) is 18.5. The maximum atomic E-state index is 13.7. The van der Waals surface area contributed by atoms with Crippen LogP contribution >= 0.6 is 0 Å². The van der Waals surface area contributed by atoms with Gasteiger partial charge in [-0.3, -0.25) is 10.2 Å². The Balaban J connectivity index is 1.37. The lowest BCUT2D eigenvalue weighted by Gasteiger charge is -2.36. The molecule has 1 saturated heterocycles. The van der Waals surface area contributed by atoms with E-state index in [9.17, 15) is 9.59 Å². The molecular formula is C30H38N4O5. The van der Waals surface area contributed by atoms with E-state index in [1.807, 2.05) is 17.0 Å². The number of Topliss-reactive ketones (excluding diaryl/α,β-unsaturated/α-hetero) is 1. The number of pyridine rings is 1. The number of rotatable bonds is 9. The molecule has 0 bridgehead atoms. The Hall–Kier alpha value is -3.46. The monoisotopic (exact) mass is 534 g/mol. The highest BCUT2D eigenvalue weighted by atomic mass is 16.5. The predicted molar refractivity (Wildman–Crippen MR) is 148 cm³/mol. The minimum atomic E-state index is -0.964. The Morgan fingerprint density at radius 1 is 1.13 bits per heavy atom. The first-order valence-corrected chi connectivity index (χ1v) is 13.7. The Kier molecular flexibility index (Phi) is 7.37. The van der Waals surface area contributed by atoms with Gasteiger partial charge in [-0.1, -0.05) is 26.8 Å². The van der Waals surface area contributed by atoms with E-state index in [0.29, 0.717) is 55.5 Å². The molecule has 0 atom stereocenters. The van der Waals surface area contributed by atoms with E-state index < -0.39 is 5.97 Å². The topological polar surface area (TPSA) is 116 Å². The number of fused-ring (bicyclic) bond motifs is 1. The number of hydrogen-bond donors (Lipinski definition) is 2. The average Bonchev–Trinajstić information content (AvgIpc) is 3.71. The lowest BCUT2D eigenvalue weighted by atomic mass is 9.84. The van der Waals surface area contributed by atoms with Crippen molar-refractivity contribution in [2.75, 3.05) is 38.3 Å². The van der Waals surface area contributed by atoms with Crippen LogP contribution in [0.4, 0.5) is 5.69 Å². The van der Waals surface area contributed by atoms with Crippen molar-refractivity contribution in [1.29, 1.82) is 5.41 Å². The minimum absolute atomic E-state index is 0.0518. The Bertz CT molecular complexity index is 1290. The predicted octanol–water partition coefficient (Wildman–Crippen LogP) is 4.36. The smallest absolute Gasteiger partial charge is 0.329 e. The van der Waals surface area contributed by atoms with E-state index in [1.165, 1.54) is 0 Å². The van der Waals surface area contributed by atoms with Crippen LogP contribution < -0.4 is 9.64 Å². The van der Waals surface area contributed by atoms with E-state index in [4.69, 9.17) is 25.0 Å². The molecule has 9 nitrogen and oxygen atoms in total. The molecule has 2 N–H and O–H groups in total. The molecule has 9 heteroatoms. The number of aromatic nitrogens is 1. The maximum absolute atomic E-state index is 13.7. The molecule has 2 aliphatic heterocycles. The van der Waals surface area contributed by atoms with Gasteiger partial charge in [0.2, 0.25) is 0 Å². The Morgan fingerprint density at radius 3 is 2.46 bits per heavy atom. The Labute approximate surface area is 229 Å². The summed E-state index contributed by atoms with van der Waals surface area (Å²) in [5, 5.41) is 17.7. The SMILES string of the molecule is COc1c(N2CCC(OCC(=O)O)CC2)cc(C(=O)CN2Cc3ccc(C4CC4)nc3C2=N)cc1C(C)(C)C. The van der Waals surface area contributed by atoms with E-state index in [2.05, 4.69) is 37.8 Å². The lowest BCUT2D eigenvalue weighted by molar-refractivity contribution is -0.144. The van der Waals surface area contributed by atoms with Gasteiger partial charge < -0.3 is 24.4 Å². The standard InChI is InChI=1S/C30H38N4O5/c1-30(2,3)22-13-20(14-24(28(22)38-4)33-11-9-21(10-12-33)39-17-26(36)37)25(35)16-34-15-19-7-8-23(18-5-6-18)32-27(19)29(34)31/h7-8,13-14,18,21,31H,5-6,9-12,15-17H2,1-4H3,(H,36,37). The highest BCUT2D eigenvalue weighted by Gasteiger charge is 2.33. The number of ketones is 1. The highest BCUT2D eigenvalue weighted by molar-refractivity contribution is 6.05. The summed E-state index contributed by atoms with van der Waals surface area (Å²) in [5.41, 5.74) is 4.89. The summed E-state index contributed by atoms with van der Waals surface area (Å²) in [4.78, 5) is 33.4. The summed E-state index contributed by atoms with van der Waals surface area (Å²) in [5.74, 6) is 0.565. The molecule has 2 aromatic rings. The minimum Gasteiger partial charge on any atom is -0.494 e. The van der Waals surface area contributed by atoms with Crippen molar-refractivity contribution in [2.24, 2.45) is 0 Å². The molecule has 208 valence electrons. The third kappa shape index (κ3) is 5.78. The number of aliphatic carboxylic acids is 1. The van der Waals surface area contributed by atoms with Crippen molar-refractivity contribution in [3.8, 4) is 5.75 Å². The number of anilines is 1. The molecular weight excluding hydrogens is 496 g/mol. The number of nitrogens with zero attached hydrogens (tertiary/aromatic N) is 3. The lowest BCUT2D eigenvalue weighted by Crippen LogP contribution is -2.38. The number of carboxylic acids is 1. The fourth-order valence-corrected chi connectivity index (χ4v) is 5.51. The van der Waals surface area contributed by atoms with Crippen LogP contribution in [0.15, 0.2) is 24.3 Å². The normalized spacial score (nSPS) is 17.9. The van der Waals surface area contributed by atoms with E-state index in [0.717, 1.165) is 41.1 Å². The van der Waals surface area contributed by atoms with Gasteiger partial charge >= 0.3 is 5.97 Å². The van der Waals surface area contributed by atoms with Crippen LogP contribution in [0.1, 0.15) is 85.2 Å². The number of hydrogen-bond acceptors (Lipinski definition) is 7. The van der Waals surface area contributed by atoms with Gasteiger partial charge in [0.25, 0.3) is 0 Å². The molecule has 39 heavy (non-hydrogen) atoms. The van der Waals surface area contributed by atoms with E-state index in [1.54, 1.807) is 7.11 Å². The van der Waals surface area contributed by atoms with Gasteiger partial charge in [0.1, 0.15) is 23.9 Å². The quantitative estimate of drug-likeness (QED) is 0.456. The summed E-state index contributed by atoms with van der Waals surface area (Å²) in [7, 11) is 1.66. The van der Waals surface area contributed by atoms with Crippen molar-refractivity contribution in [2.45, 2.75) is 70.4 Å². The number of methoxy groups -OCH3 is 1. The van der Waals surface area contributed by atoms with Crippen LogP contribution in [0.3, 0.4) is 0 Å². The average molecular weight is 535 g/mol. The third-order valence-electron chi connectivity index (χ3n) is 7.86. The zero-order chi connectivity index (χ0) is 27.9. The van der Waals surface area contributed by atoms with Crippen LogP contribution in [-0.4, -0.2) is 72.0 Å². The van der Waals surface area contributed by atoms with Gasteiger partial charge in [0.15, 0.2) is 5.78 Å². The molecule has 3 heterocycles. The number of benzene rings is 1. The molecule has 0 spiro atoms. The molecule has 3 aliphatic rings. The molecule has 1 aliphatic carbocycles. The number of ether oxygens (including phenoxy) is 2. The maximum Gasteiger partial charge on any atom is 0.329 e. The summed E-state index contributed by atoms with van der Waals surface area (Å²) in [6.45, 7) is 7.97. The second-order valence-electron chi connectivity index (χ2n) is 11.9. The number of amidine groups is 1. The van der Waals surface area contributed by atoms with Crippen LogP contribution in [0.2, 0.25) is 0 Å². The zero-order valence-electron chi connectivity index (χ0n) is 23.2. The molecule has 1 aromatic carbocycles. The van der Waals surface area contributed by atoms with Crippen molar-refractivity contribution < 1.29 is 24.2 Å². The summed E-state index contributed by atoms with van der Waals surface area (Å²) in [6, 6.07) is 7.97. The molecule has 1 saturated carbocycles. The number of nitrogens with one attached hydrogen (secondary N) is 1. The van der Waals surface area contributed by atoms with Crippen molar-refractivity contribution in [1.82, 2.24) is 9.88 Å². The molecule has 2 fully saturated rings. The van der Waals surface area contributed by atoms with Gasteiger partial charge in [-0.05, 0) is 49.3 Å². The fourth-order valence-electron chi connectivity index (χ4n) is 5.51. The summed E-state index contributed by atoms with van der Waals surface area (Å²) < 4.78 is 11.4. The summed E-state index contributed by atoms with van der Waals surface area (Å²) in [6.07, 6.45) is 3.60. The van der Waals surface area contributed by atoms with Gasteiger partial charge in [-0.2, -0.15) is 0 Å². The van der Waals surface area contributed by atoms with Gasteiger partial charge in [-0.15, -0.1) is 0 Å². The Morgan fingerprint density at radius 2 is 1.85 bits per heavy atom. The number of carbonyl (C=O) groups excluding carboxylic acids is 1. The number of carboxylic acid groups (broad SMARTS) is 1. The molecule has 0 amide bonds. The van der Waals surface area contributed by atoms with E-state index in [-0.39, 0.29) is 30.5 Å². The highest BCUT2D eigenvalue weighted by Crippen LogP contribution is 2.42. The van der Waals surface area contributed by atoms with Crippen molar-refractivity contribution in [3.05, 3.63) is 52.3 Å². The first kappa shape index (κ1) is 27.1. The van der Waals surface area contributed by atoms with Crippen LogP contribution in [0.25, 0.3) is 0 Å². The number of piperidine rings is 1. The fraction of sp³-hybridized carbons (Fsp3) is 0.533. The second-order valence-corrected chi connectivity index (χ2v) is 11.9. The summed E-state index contributed by atoms with van der Waals surface area (Å²) >= 11 is 0. The van der Waals surface area contributed by atoms with Crippen molar-refractivity contribution >= 4 is 23.3 Å².